The van der Waals surface area contributed by atoms with Gasteiger partial charge in [0, 0.05) is 11.1 Å². The minimum Gasteiger partial charge on any atom is -0.493 e. The number of rotatable bonds is 4. The summed E-state index contributed by atoms with van der Waals surface area (Å²) in [7, 11) is 2.84. The van der Waals surface area contributed by atoms with Crippen molar-refractivity contribution in [1.82, 2.24) is 10.9 Å². The van der Waals surface area contributed by atoms with Crippen LogP contribution in [0.4, 0.5) is 13.2 Å². The van der Waals surface area contributed by atoms with Crippen molar-refractivity contribution in [2.75, 3.05) is 14.2 Å². The highest BCUT2D eigenvalue weighted by Gasteiger charge is 2.30. The predicted molar refractivity (Wildman–Crippen MR) is 85.9 cm³/mol. The largest absolute Gasteiger partial charge is 0.493 e. The van der Waals surface area contributed by atoms with Crippen LogP contribution in [0, 0.1) is 0 Å². The fraction of sp³-hybridized carbons (Fsp3) is 0.176. The topological polar surface area (TPSA) is 76.7 Å². The zero-order valence-corrected chi connectivity index (χ0v) is 13.8. The Labute approximate surface area is 146 Å². The van der Waals surface area contributed by atoms with Crippen LogP contribution in [0.2, 0.25) is 0 Å². The fourth-order valence-electron chi connectivity index (χ4n) is 2.07. The van der Waals surface area contributed by atoms with E-state index in [9.17, 15) is 22.8 Å². The Hall–Kier alpha value is -3.23. The number of carbonyl (C=O) groups excluding carboxylic acids is 2. The predicted octanol–water partition coefficient (Wildman–Crippen LogP) is 2.80. The summed E-state index contributed by atoms with van der Waals surface area (Å²) in [6.45, 7) is 0. The highest BCUT2D eigenvalue weighted by molar-refractivity contribution is 5.99. The lowest BCUT2D eigenvalue weighted by Gasteiger charge is -2.11. The number of methoxy groups -OCH3 is 2. The summed E-state index contributed by atoms with van der Waals surface area (Å²) in [4.78, 5) is 24.0. The third-order valence-electron chi connectivity index (χ3n) is 3.39. The van der Waals surface area contributed by atoms with Crippen molar-refractivity contribution in [2.24, 2.45) is 0 Å². The molecule has 0 unspecified atom stereocenters. The van der Waals surface area contributed by atoms with Crippen molar-refractivity contribution in [3.8, 4) is 11.5 Å². The van der Waals surface area contributed by atoms with E-state index in [4.69, 9.17) is 9.47 Å². The first-order valence-electron chi connectivity index (χ1n) is 7.26. The second-order valence-corrected chi connectivity index (χ2v) is 5.06. The minimum atomic E-state index is -4.57. The highest BCUT2D eigenvalue weighted by atomic mass is 19.4. The summed E-state index contributed by atoms with van der Waals surface area (Å²) in [6, 6.07) is 8.18. The van der Waals surface area contributed by atoms with Crippen LogP contribution in [0.5, 0.6) is 11.5 Å². The number of hydrogen-bond acceptors (Lipinski definition) is 4. The van der Waals surface area contributed by atoms with Crippen LogP contribution in [0.15, 0.2) is 42.5 Å². The smallest absolute Gasteiger partial charge is 0.416 e. The molecule has 0 aliphatic carbocycles. The average Bonchev–Trinajstić information content (AvgIpc) is 2.64. The first kappa shape index (κ1) is 19.1. The molecule has 0 fully saturated rings. The Balaban J connectivity index is 2.07. The van der Waals surface area contributed by atoms with E-state index in [0.29, 0.717) is 17.6 Å². The standard InChI is InChI=1S/C17H15F3N2O4/c1-25-13-7-6-11(9-14(13)26-2)16(24)22-21-15(23)10-4-3-5-12(8-10)17(18,19)20/h3-9H,1-2H3,(H,21,23)(H,22,24). The molecule has 0 heterocycles. The molecule has 6 nitrogen and oxygen atoms in total. The van der Waals surface area contributed by atoms with Gasteiger partial charge in [-0.1, -0.05) is 6.07 Å². The first-order valence-corrected chi connectivity index (χ1v) is 7.26. The Morgan fingerprint density at radius 1 is 0.846 bits per heavy atom. The van der Waals surface area contributed by atoms with Gasteiger partial charge in [0.2, 0.25) is 0 Å². The van der Waals surface area contributed by atoms with Crippen LogP contribution in [0.1, 0.15) is 26.3 Å². The number of hydrazine groups is 1. The van der Waals surface area contributed by atoms with E-state index in [-0.39, 0.29) is 11.1 Å². The highest BCUT2D eigenvalue weighted by Crippen LogP contribution is 2.29. The molecular weight excluding hydrogens is 353 g/mol. The normalized spacial score (nSPS) is 10.8. The second-order valence-electron chi connectivity index (χ2n) is 5.06. The summed E-state index contributed by atoms with van der Waals surface area (Å²) in [6.07, 6.45) is -4.57. The van der Waals surface area contributed by atoms with Crippen molar-refractivity contribution in [1.29, 1.82) is 0 Å². The molecular formula is C17H15F3N2O4. The molecule has 2 amide bonds. The van der Waals surface area contributed by atoms with E-state index in [1.54, 1.807) is 0 Å². The van der Waals surface area contributed by atoms with Gasteiger partial charge < -0.3 is 9.47 Å². The summed E-state index contributed by atoms with van der Waals surface area (Å²) in [5.41, 5.74) is 3.15. The van der Waals surface area contributed by atoms with E-state index < -0.39 is 23.6 Å². The molecule has 2 N–H and O–H groups in total. The summed E-state index contributed by atoms with van der Waals surface area (Å²) < 4.78 is 48.1. The van der Waals surface area contributed by atoms with Gasteiger partial charge in [0.15, 0.2) is 11.5 Å². The molecule has 0 saturated heterocycles. The zero-order chi connectivity index (χ0) is 19.3. The molecule has 0 aliphatic rings. The van der Waals surface area contributed by atoms with Gasteiger partial charge in [-0.15, -0.1) is 0 Å². The van der Waals surface area contributed by atoms with Crippen LogP contribution in [-0.4, -0.2) is 26.0 Å². The number of benzene rings is 2. The molecule has 0 atom stereocenters. The number of amides is 2. The van der Waals surface area contributed by atoms with Crippen molar-refractivity contribution < 1.29 is 32.2 Å². The number of carbonyl (C=O) groups is 2. The van der Waals surface area contributed by atoms with Crippen molar-refractivity contribution in [3.63, 3.8) is 0 Å². The van der Waals surface area contributed by atoms with Gasteiger partial charge in [-0.05, 0) is 36.4 Å². The molecule has 0 radical (unpaired) electrons. The van der Waals surface area contributed by atoms with Gasteiger partial charge in [0.1, 0.15) is 0 Å². The van der Waals surface area contributed by atoms with Crippen LogP contribution in [-0.2, 0) is 6.18 Å². The first-order chi connectivity index (χ1) is 12.3. The molecule has 138 valence electrons. The second kappa shape index (κ2) is 7.77. The van der Waals surface area contributed by atoms with Crippen molar-refractivity contribution in [3.05, 3.63) is 59.2 Å². The lowest BCUT2D eigenvalue weighted by molar-refractivity contribution is -0.137. The molecule has 0 saturated carbocycles. The van der Waals surface area contributed by atoms with Gasteiger partial charge in [0.05, 0.1) is 19.8 Å². The van der Waals surface area contributed by atoms with Gasteiger partial charge in [0.25, 0.3) is 11.8 Å². The number of alkyl halides is 3. The SMILES string of the molecule is COc1ccc(C(=O)NNC(=O)c2cccc(C(F)(F)F)c2)cc1OC. The maximum absolute atomic E-state index is 12.7. The van der Waals surface area contributed by atoms with Crippen LogP contribution >= 0.6 is 0 Å². The average molecular weight is 368 g/mol. The molecule has 0 aliphatic heterocycles. The Bertz CT molecular complexity index is 822. The monoisotopic (exact) mass is 368 g/mol. The quantitative estimate of drug-likeness (QED) is 0.814. The summed E-state index contributed by atoms with van der Waals surface area (Å²) >= 11 is 0. The van der Waals surface area contributed by atoms with Gasteiger partial charge in [-0.3, -0.25) is 20.4 Å². The maximum atomic E-state index is 12.7. The Kier molecular flexibility index (Phi) is 5.71. The molecule has 2 aromatic carbocycles. The number of halogens is 3. The third kappa shape index (κ3) is 4.44. The summed E-state index contributed by atoms with van der Waals surface area (Å²) in [5, 5.41) is 0. The van der Waals surface area contributed by atoms with E-state index in [2.05, 4.69) is 10.9 Å². The van der Waals surface area contributed by atoms with Crippen LogP contribution < -0.4 is 20.3 Å². The molecule has 9 heteroatoms. The van der Waals surface area contributed by atoms with E-state index in [0.717, 1.165) is 12.1 Å². The Morgan fingerprint density at radius 2 is 1.42 bits per heavy atom. The van der Waals surface area contributed by atoms with E-state index in [1.807, 2.05) is 0 Å². The zero-order valence-electron chi connectivity index (χ0n) is 13.8. The minimum absolute atomic E-state index is 0.159. The van der Waals surface area contributed by atoms with Crippen molar-refractivity contribution in [2.45, 2.75) is 6.18 Å². The van der Waals surface area contributed by atoms with E-state index in [1.165, 1.54) is 38.5 Å². The molecule has 0 aromatic heterocycles. The number of hydrogen-bond donors (Lipinski definition) is 2. The molecule has 2 rings (SSSR count). The van der Waals surface area contributed by atoms with Crippen molar-refractivity contribution >= 4 is 11.8 Å². The van der Waals surface area contributed by atoms with Gasteiger partial charge >= 0.3 is 6.18 Å². The third-order valence-corrected chi connectivity index (χ3v) is 3.39. The fourth-order valence-corrected chi connectivity index (χ4v) is 2.07. The Morgan fingerprint density at radius 3 is 1.96 bits per heavy atom. The lowest BCUT2D eigenvalue weighted by atomic mass is 10.1. The van der Waals surface area contributed by atoms with Gasteiger partial charge in [-0.2, -0.15) is 13.2 Å². The molecule has 0 bridgehead atoms. The molecule has 26 heavy (non-hydrogen) atoms. The summed E-state index contributed by atoms with van der Waals surface area (Å²) in [5.74, 6) is -0.836. The van der Waals surface area contributed by atoms with Crippen LogP contribution in [0.25, 0.3) is 0 Å². The van der Waals surface area contributed by atoms with E-state index >= 15 is 0 Å². The van der Waals surface area contributed by atoms with Gasteiger partial charge in [-0.25, -0.2) is 0 Å². The molecule has 2 aromatic rings. The number of nitrogens with one attached hydrogen (secondary N) is 2. The maximum Gasteiger partial charge on any atom is 0.416 e. The van der Waals surface area contributed by atoms with Crippen LogP contribution in [0.3, 0.4) is 0 Å². The molecule has 0 spiro atoms. The number of ether oxygens (including phenoxy) is 2. The lowest BCUT2D eigenvalue weighted by Crippen LogP contribution is -2.41.